The summed E-state index contributed by atoms with van der Waals surface area (Å²) in [5.41, 5.74) is 4.60. The first-order valence-electron chi connectivity index (χ1n) is 12.1. The van der Waals surface area contributed by atoms with E-state index in [1.807, 2.05) is 6.20 Å². The number of rotatable bonds is 5. The summed E-state index contributed by atoms with van der Waals surface area (Å²) in [5, 5.41) is 9.60. The fourth-order valence-corrected chi connectivity index (χ4v) is 5.40. The van der Waals surface area contributed by atoms with Crippen LogP contribution in [0.4, 0.5) is 4.39 Å². The molecule has 8 nitrogen and oxygen atoms in total. The van der Waals surface area contributed by atoms with E-state index in [0.29, 0.717) is 43.3 Å². The molecular weight excluding hydrogens is 435 g/mol. The summed E-state index contributed by atoms with van der Waals surface area (Å²) in [7, 11) is 3.62. The molecule has 0 radical (unpaired) electrons. The van der Waals surface area contributed by atoms with E-state index < -0.39 is 5.82 Å². The van der Waals surface area contributed by atoms with Crippen molar-refractivity contribution in [1.29, 1.82) is 0 Å². The predicted octanol–water partition coefficient (Wildman–Crippen LogP) is 3.51. The minimum Gasteiger partial charge on any atom is -0.479 e. The molecule has 0 bridgehead atoms. The Hall–Kier alpha value is -2.78. The van der Waals surface area contributed by atoms with Crippen LogP contribution >= 0.6 is 0 Å². The van der Waals surface area contributed by atoms with Crippen molar-refractivity contribution in [3.05, 3.63) is 41.7 Å². The normalized spacial score (nSPS) is 23.5. The van der Waals surface area contributed by atoms with E-state index in [1.165, 1.54) is 26.0 Å². The fraction of sp³-hybridized carbons (Fsp3) is 0.560. The molecule has 5 heterocycles. The van der Waals surface area contributed by atoms with Gasteiger partial charge in [0.2, 0.25) is 5.88 Å². The van der Waals surface area contributed by atoms with E-state index in [9.17, 15) is 4.39 Å². The lowest BCUT2D eigenvalue weighted by Crippen LogP contribution is -2.44. The molecule has 182 valence electrons. The highest BCUT2D eigenvalue weighted by Gasteiger charge is 2.29. The summed E-state index contributed by atoms with van der Waals surface area (Å²) < 4.78 is 29.0. The van der Waals surface area contributed by atoms with E-state index in [1.54, 1.807) is 10.9 Å². The number of likely N-dealkylation sites (tertiary alicyclic amines) is 1. The molecule has 2 aliphatic rings. The van der Waals surface area contributed by atoms with Crippen molar-refractivity contribution in [1.82, 2.24) is 29.4 Å². The van der Waals surface area contributed by atoms with Crippen LogP contribution < -0.4 is 4.74 Å². The van der Waals surface area contributed by atoms with Crippen LogP contribution in [0.15, 0.2) is 24.7 Å². The Morgan fingerprint density at radius 2 is 1.91 bits per heavy atom. The van der Waals surface area contributed by atoms with Gasteiger partial charge in [-0.1, -0.05) is 0 Å². The zero-order valence-electron chi connectivity index (χ0n) is 20.4. The van der Waals surface area contributed by atoms with Crippen molar-refractivity contribution in [2.45, 2.75) is 58.2 Å². The van der Waals surface area contributed by atoms with Gasteiger partial charge in [-0.05, 0) is 46.1 Å². The van der Waals surface area contributed by atoms with Crippen molar-refractivity contribution >= 4 is 0 Å². The van der Waals surface area contributed by atoms with Gasteiger partial charge in [0, 0.05) is 48.4 Å². The molecule has 0 N–H and O–H groups in total. The maximum atomic E-state index is 14.4. The average molecular weight is 469 g/mol. The summed E-state index contributed by atoms with van der Waals surface area (Å²) in [6.07, 6.45) is 9.39. The second-order valence-electron chi connectivity index (χ2n) is 9.63. The number of halogens is 1. The summed E-state index contributed by atoms with van der Waals surface area (Å²) in [6.45, 7) is 6.76. The molecule has 0 spiro atoms. The lowest BCUT2D eigenvalue weighted by Gasteiger charge is -2.40. The molecule has 2 aliphatic heterocycles. The molecule has 3 aromatic rings. The van der Waals surface area contributed by atoms with Crippen LogP contribution in [0, 0.1) is 11.7 Å². The van der Waals surface area contributed by atoms with Gasteiger partial charge in [0.15, 0.2) is 5.82 Å². The van der Waals surface area contributed by atoms with E-state index in [2.05, 4.69) is 46.8 Å². The Morgan fingerprint density at radius 3 is 2.65 bits per heavy atom. The maximum Gasteiger partial charge on any atom is 0.250 e. The van der Waals surface area contributed by atoms with Crippen LogP contribution in [-0.4, -0.2) is 68.9 Å². The Labute approximate surface area is 199 Å². The van der Waals surface area contributed by atoms with Crippen LogP contribution in [0.5, 0.6) is 5.88 Å². The van der Waals surface area contributed by atoms with Crippen molar-refractivity contribution in [2.75, 3.05) is 27.4 Å². The van der Waals surface area contributed by atoms with E-state index >= 15 is 0 Å². The number of nitrogens with zero attached hydrogens (tertiary/aromatic N) is 6. The summed E-state index contributed by atoms with van der Waals surface area (Å²) in [5.74, 6) is 0.0693. The van der Waals surface area contributed by atoms with Gasteiger partial charge >= 0.3 is 0 Å². The Bertz CT molecular complexity index is 1150. The molecule has 9 heteroatoms. The molecule has 0 amide bonds. The number of fused-ring (bicyclic) bond motifs is 1. The minimum absolute atomic E-state index is 0.0237. The first-order chi connectivity index (χ1) is 16.4. The standard InChI is InChI=1S/C25H33FN6O2/c1-16-9-18(10-17(2)30(16)3)14-31-15-19(12-28-31)24-21-5-7-34-8-6-23(21)32(29-24)20-11-22(26)25(33-4)27-13-20/h11-13,15-18H,5-10,14H2,1-4H3/t16-,17+,18?. The van der Waals surface area contributed by atoms with Gasteiger partial charge in [0.1, 0.15) is 0 Å². The zero-order valence-corrected chi connectivity index (χ0v) is 20.4. The van der Waals surface area contributed by atoms with E-state index in [4.69, 9.17) is 14.6 Å². The van der Waals surface area contributed by atoms with Crippen LogP contribution in [0.25, 0.3) is 16.9 Å². The Kier molecular flexibility index (Phi) is 6.40. The largest absolute Gasteiger partial charge is 0.479 e. The highest BCUT2D eigenvalue weighted by molar-refractivity contribution is 5.64. The molecule has 0 saturated carbocycles. The minimum atomic E-state index is -0.509. The summed E-state index contributed by atoms with van der Waals surface area (Å²) in [4.78, 5) is 6.57. The molecule has 1 unspecified atom stereocenters. The van der Waals surface area contributed by atoms with E-state index in [0.717, 1.165) is 35.5 Å². The van der Waals surface area contributed by atoms with Gasteiger partial charge < -0.3 is 14.4 Å². The van der Waals surface area contributed by atoms with Crippen molar-refractivity contribution in [3.8, 4) is 22.8 Å². The summed E-state index contributed by atoms with van der Waals surface area (Å²) in [6, 6.07) is 2.57. The molecular formula is C25H33FN6O2. The molecule has 1 saturated heterocycles. The van der Waals surface area contributed by atoms with Crippen LogP contribution in [0.1, 0.15) is 37.9 Å². The third kappa shape index (κ3) is 4.34. The molecule has 0 aromatic carbocycles. The highest BCUT2D eigenvalue weighted by atomic mass is 19.1. The topological polar surface area (TPSA) is 70.2 Å². The SMILES string of the molecule is COc1ncc(-n2nc(-c3cnn(CC4C[C@@H](C)N(C)[C@@H](C)C4)c3)c3c2CCOCC3)cc1F. The first kappa shape index (κ1) is 23.0. The molecule has 34 heavy (non-hydrogen) atoms. The summed E-state index contributed by atoms with van der Waals surface area (Å²) >= 11 is 0. The molecule has 3 aromatic heterocycles. The van der Waals surface area contributed by atoms with Crippen LogP contribution in [-0.2, 0) is 24.1 Å². The second-order valence-corrected chi connectivity index (χ2v) is 9.63. The maximum absolute atomic E-state index is 14.4. The quantitative estimate of drug-likeness (QED) is 0.571. The molecule has 0 aliphatic carbocycles. The zero-order chi connectivity index (χ0) is 23.8. The monoisotopic (exact) mass is 468 g/mol. The van der Waals surface area contributed by atoms with Gasteiger partial charge in [-0.3, -0.25) is 4.68 Å². The van der Waals surface area contributed by atoms with Gasteiger partial charge in [0.05, 0.1) is 49.8 Å². The first-order valence-corrected chi connectivity index (χ1v) is 12.1. The van der Waals surface area contributed by atoms with Crippen molar-refractivity contribution in [3.63, 3.8) is 0 Å². The smallest absolute Gasteiger partial charge is 0.250 e. The third-order valence-corrected chi connectivity index (χ3v) is 7.39. The Balaban J connectivity index is 1.45. The number of hydrogen-bond acceptors (Lipinski definition) is 6. The number of aromatic nitrogens is 5. The number of ether oxygens (including phenoxy) is 2. The Morgan fingerprint density at radius 1 is 1.15 bits per heavy atom. The van der Waals surface area contributed by atoms with Crippen LogP contribution in [0.2, 0.25) is 0 Å². The second kappa shape index (κ2) is 9.46. The molecule has 3 atom stereocenters. The number of pyridine rings is 1. The van der Waals surface area contributed by atoms with E-state index in [-0.39, 0.29) is 5.88 Å². The predicted molar refractivity (Wildman–Crippen MR) is 127 cm³/mol. The van der Waals surface area contributed by atoms with Crippen LogP contribution in [0.3, 0.4) is 0 Å². The van der Waals surface area contributed by atoms with Gasteiger partial charge in [0.25, 0.3) is 0 Å². The van der Waals surface area contributed by atoms with Crippen molar-refractivity contribution in [2.24, 2.45) is 5.92 Å². The van der Waals surface area contributed by atoms with Gasteiger partial charge in [-0.15, -0.1) is 0 Å². The van der Waals surface area contributed by atoms with Gasteiger partial charge in [-0.2, -0.15) is 10.2 Å². The number of methoxy groups -OCH3 is 1. The third-order valence-electron chi connectivity index (χ3n) is 7.39. The highest BCUT2D eigenvalue weighted by Crippen LogP contribution is 2.32. The lowest BCUT2D eigenvalue weighted by molar-refractivity contribution is 0.0892. The van der Waals surface area contributed by atoms with Crippen molar-refractivity contribution < 1.29 is 13.9 Å². The molecule has 1 fully saturated rings. The average Bonchev–Trinajstić information content (AvgIpc) is 3.34. The number of hydrogen-bond donors (Lipinski definition) is 0. The molecule has 5 rings (SSSR count). The number of piperidine rings is 1. The van der Waals surface area contributed by atoms with Gasteiger partial charge in [-0.25, -0.2) is 14.1 Å². The fourth-order valence-electron chi connectivity index (χ4n) is 5.40. The lowest BCUT2D eigenvalue weighted by atomic mass is 9.87.